The lowest BCUT2D eigenvalue weighted by Crippen LogP contribution is -2.36. The topological polar surface area (TPSA) is 88.2 Å². The summed E-state index contributed by atoms with van der Waals surface area (Å²) in [7, 11) is 4.56. The second-order valence-electron chi connectivity index (χ2n) is 8.57. The van der Waals surface area contributed by atoms with Gasteiger partial charge in [-0.3, -0.25) is 9.36 Å². The Morgan fingerprint density at radius 2 is 1.39 bits per heavy atom. The van der Waals surface area contributed by atoms with Gasteiger partial charge in [0.25, 0.3) is 5.56 Å². The normalized spacial score (nSPS) is 11.4. The molecule has 0 fully saturated rings. The van der Waals surface area contributed by atoms with E-state index in [0.29, 0.717) is 29.4 Å². The number of methoxy groups -OCH3 is 2. The molecule has 0 saturated carbocycles. The average molecular weight is 457 g/mol. The number of hydrogen-bond acceptors (Lipinski definition) is 6. The van der Waals surface area contributed by atoms with E-state index in [1.54, 1.807) is 20.3 Å². The van der Waals surface area contributed by atoms with Crippen molar-refractivity contribution < 1.29 is 9.47 Å². The predicted octanol–water partition coefficient (Wildman–Crippen LogP) is 4.53. The molecule has 0 aliphatic carbocycles. The third-order valence-electron chi connectivity index (χ3n) is 6.20. The van der Waals surface area contributed by atoms with E-state index in [1.807, 2.05) is 10.6 Å². The Morgan fingerprint density at radius 1 is 0.818 bits per heavy atom. The van der Waals surface area contributed by atoms with E-state index in [1.165, 1.54) is 58.4 Å². The molecule has 33 heavy (non-hydrogen) atoms. The summed E-state index contributed by atoms with van der Waals surface area (Å²) in [6.45, 7) is 2.88. The van der Waals surface area contributed by atoms with E-state index in [-0.39, 0.29) is 5.69 Å². The van der Waals surface area contributed by atoms with E-state index >= 15 is 0 Å². The minimum absolute atomic E-state index is 0.184. The fraction of sp³-hybridized carbons (Fsp3) is 0.600. The van der Waals surface area contributed by atoms with Gasteiger partial charge in [0.2, 0.25) is 0 Å². The van der Waals surface area contributed by atoms with Crippen LogP contribution in [-0.4, -0.2) is 33.3 Å². The Morgan fingerprint density at radius 3 is 2.00 bits per heavy atom. The predicted molar refractivity (Wildman–Crippen MR) is 131 cm³/mol. The largest absolute Gasteiger partial charge is 0.493 e. The second-order valence-corrected chi connectivity index (χ2v) is 8.57. The van der Waals surface area contributed by atoms with E-state index in [9.17, 15) is 9.59 Å². The molecule has 0 radical (unpaired) electrons. The second kappa shape index (κ2) is 11.8. The summed E-state index contributed by atoms with van der Waals surface area (Å²) in [5.74, 6) is 1.42. The molecule has 3 rings (SSSR count). The van der Waals surface area contributed by atoms with Gasteiger partial charge in [-0.25, -0.2) is 9.78 Å². The van der Waals surface area contributed by atoms with Gasteiger partial charge in [0.1, 0.15) is 0 Å². The number of ether oxygens (including phenoxy) is 2. The van der Waals surface area contributed by atoms with E-state index in [0.717, 1.165) is 22.9 Å². The third-order valence-corrected chi connectivity index (χ3v) is 6.20. The zero-order chi connectivity index (χ0) is 23.8. The molecule has 0 N–H and O–H groups in total. The van der Waals surface area contributed by atoms with Gasteiger partial charge in [-0.15, -0.1) is 0 Å². The molecule has 0 saturated heterocycles. The van der Waals surface area contributed by atoms with Crippen LogP contribution in [0.2, 0.25) is 0 Å². The number of unbranched alkanes of at least 4 members (excludes halogenated alkanes) is 9. The molecule has 8 heteroatoms. The SMILES string of the molecule is CCCCCCCCCCCCn1c2nc(=O)n(C)c(=O)c-2nc2cc(OC)c(OC)cc21. The smallest absolute Gasteiger partial charge is 0.352 e. The molecule has 1 aromatic rings. The van der Waals surface area contributed by atoms with E-state index < -0.39 is 11.2 Å². The van der Waals surface area contributed by atoms with Crippen molar-refractivity contribution in [2.45, 2.75) is 77.7 Å². The average Bonchev–Trinajstić information content (AvgIpc) is 2.83. The quantitative estimate of drug-likeness (QED) is 0.277. The highest BCUT2D eigenvalue weighted by Gasteiger charge is 2.21. The zero-order valence-electron chi connectivity index (χ0n) is 20.4. The Balaban J connectivity index is 1.82. The number of rotatable bonds is 13. The van der Waals surface area contributed by atoms with Gasteiger partial charge in [0, 0.05) is 25.7 Å². The third kappa shape index (κ3) is 5.72. The van der Waals surface area contributed by atoms with Gasteiger partial charge in [0.15, 0.2) is 23.0 Å². The minimum Gasteiger partial charge on any atom is -0.493 e. The first-order valence-corrected chi connectivity index (χ1v) is 12.0. The van der Waals surface area contributed by atoms with Crippen molar-refractivity contribution in [3.63, 3.8) is 0 Å². The Kier molecular flexibility index (Phi) is 8.86. The van der Waals surface area contributed by atoms with Gasteiger partial charge < -0.3 is 14.0 Å². The number of nitrogens with zero attached hydrogens (tertiary/aromatic N) is 4. The molecule has 8 nitrogen and oxygen atoms in total. The first-order valence-electron chi connectivity index (χ1n) is 12.0. The zero-order valence-corrected chi connectivity index (χ0v) is 20.4. The summed E-state index contributed by atoms with van der Waals surface area (Å²) in [5.41, 5.74) is 0.523. The van der Waals surface area contributed by atoms with Crippen LogP contribution in [0, 0.1) is 0 Å². The van der Waals surface area contributed by atoms with Crippen LogP contribution in [0.3, 0.4) is 0 Å². The van der Waals surface area contributed by atoms with Crippen molar-refractivity contribution >= 4 is 11.0 Å². The lowest BCUT2D eigenvalue weighted by Gasteiger charge is -2.19. The fourth-order valence-corrected chi connectivity index (χ4v) is 4.23. The maximum atomic E-state index is 12.8. The number of hydrogen-bond donors (Lipinski definition) is 0. The number of fused-ring (bicyclic) bond motifs is 2. The summed E-state index contributed by atoms with van der Waals surface area (Å²) in [5, 5.41) is 0. The molecule has 2 aliphatic rings. The molecule has 180 valence electrons. The fourth-order valence-electron chi connectivity index (χ4n) is 4.23. The van der Waals surface area contributed by atoms with Crippen LogP contribution in [0.4, 0.5) is 0 Å². The Hall–Kier alpha value is -2.90. The molecule has 0 unspecified atom stereocenters. The molecule has 0 aromatic heterocycles. The highest BCUT2D eigenvalue weighted by Crippen LogP contribution is 2.33. The van der Waals surface area contributed by atoms with Gasteiger partial charge >= 0.3 is 5.69 Å². The monoisotopic (exact) mass is 456 g/mol. The van der Waals surface area contributed by atoms with Gasteiger partial charge in [-0.2, -0.15) is 4.98 Å². The maximum absolute atomic E-state index is 12.8. The van der Waals surface area contributed by atoms with Gasteiger partial charge in [-0.1, -0.05) is 64.7 Å². The maximum Gasteiger partial charge on any atom is 0.352 e. The van der Waals surface area contributed by atoms with Crippen LogP contribution in [0.1, 0.15) is 71.1 Å². The number of benzene rings is 1. The minimum atomic E-state index is -0.578. The van der Waals surface area contributed by atoms with Gasteiger partial charge in [-0.05, 0) is 6.42 Å². The summed E-state index contributed by atoms with van der Waals surface area (Å²) in [4.78, 5) is 33.7. The van der Waals surface area contributed by atoms with Crippen LogP contribution in [0.5, 0.6) is 11.5 Å². The lowest BCUT2D eigenvalue weighted by atomic mass is 10.1. The first kappa shape index (κ1) is 24.7. The van der Waals surface area contributed by atoms with Crippen molar-refractivity contribution in [1.82, 2.24) is 19.1 Å². The molecular formula is C25H36N4O4. The summed E-state index contributed by atoms with van der Waals surface area (Å²) in [6.07, 6.45) is 12.3. The van der Waals surface area contributed by atoms with Crippen molar-refractivity contribution in [3.8, 4) is 23.0 Å². The molecule has 0 amide bonds. The van der Waals surface area contributed by atoms with Crippen LogP contribution < -0.4 is 20.7 Å². The van der Waals surface area contributed by atoms with Crippen molar-refractivity contribution in [2.24, 2.45) is 7.05 Å². The number of aromatic nitrogens is 4. The van der Waals surface area contributed by atoms with Crippen molar-refractivity contribution in [1.29, 1.82) is 0 Å². The lowest BCUT2D eigenvalue weighted by molar-refractivity contribution is 0.355. The van der Waals surface area contributed by atoms with Crippen LogP contribution in [-0.2, 0) is 13.6 Å². The molecule has 1 aromatic carbocycles. The molecular weight excluding hydrogens is 420 g/mol. The molecule has 0 bridgehead atoms. The standard InChI is InChI=1S/C25H36N4O4/c1-5-6-7-8-9-10-11-12-13-14-15-29-19-17-21(33-4)20(32-3)16-18(19)26-22-23(29)27-25(31)28(2)24(22)30/h16-17H,5-15H2,1-4H3. The Labute approximate surface area is 194 Å². The van der Waals surface area contributed by atoms with Crippen LogP contribution >= 0.6 is 0 Å². The molecule has 2 heterocycles. The molecule has 0 atom stereocenters. The summed E-state index contributed by atoms with van der Waals surface area (Å²) in [6, 6.07) is 3.59. The molecule has 2 aliphatic heterocycles. The summed E-state index contributed by atoms with van der Waals surface area (Å²) >= 11 is 0. The molecule has 0 spiro atoms. The summed E-state index contributed by atoms with van der Waals surface area (Å²) < 4.78 is 13.8. The van der Waals surface area contributed by atoms with Crippen molar-refractivity contribution in [3.05, 3.63) is 33.0 Å². The van der Waals surface area contributed by atoms with E-state index in [4.69, 9.17) is 9.47 Å². The highest BCUT2D eigenvalue weighted by molar-refractivity contribution is 5.83. The van der Waals surface area contributed by atoms with Crippen molar-refractivity contribution in [2.75, 3.05) is 14.2 Å². The van der Waals surface area contributed by atoms with Gasteiger partial charge in [0.05, 0.1) is 25.3 Å². The number of aryl methyl sites for hydroxylation is 1. The first-order chi connectivity index (χ1) is 16.0. The Bertz CT molecular complexity index is 1150. The highest BCUT2D eigenvalue weighted by atomic mass is 16.5. The van der Waals surface area contributed by atoms with E-state index in [2.05, 4.69) is 16.9 Å². The van der Waals surface area contributed by atoms with Crippen LogP contribution in [0.25, 0.3) is 22.6 Å². The van der Waals surface area contributed by atoms with Crippen LogP contribution in [0.15, 0.2) is 21.7 Å².